The molecule has 1 aliphatic rings. The zero-order valence-electron chi connectivity index (χ0n) is 12.2. The van der Waals surface area contributed by atoms with Gasteiger partial charge < -0.3 is 15.0 Å². The molecule has 4 nitrogen and oxygen atoms in total. The van der Waals surface area contributed by atoms with Gasteiger partial charge in [-0.2, -0.15) is 0 Å². The van der Waals surface area contributed by atoms with Crippen LogP contribution >= 0.6 is 11.3 Å². The molecule has 1 aromatic carbocycles. The van der Waals surface area contributed by atoms with Gasteiger partial charge in [0.2, 0.25) is 5.91 Å². The summed E-state index contributed by atoms with van der Waals surface area (Å²) in [5.74, 6) is 0.165. The molecule has 0 bridgehead atoms. The van der Waals surface area contributed by atoms with Crippen molar-refractivity contribution in [2.75, 3.05) is 26.3 Å². The van der Waals surface area contributed by atoms with Crippen LogP contribution in [-0.2, 0) is 16.1 Å². The van der Waals surface area contributed by atoms with Crippen molar-refractivity contribution in [1.29, 1.82) is 0 Å². The van der Waals surface area contributed by atoms with Gasteiger partial charge in [-0.3, -0.25) is 4.79 Å². The zero-order valence-corrected chi connectivity index (χ0v) is 13.0. The Kier molecular flexibility index (Phi) is 4.53. The van der Waals surface area contributed by atoms with Crippen molar-refractivity contribution in [2.24, 2.45) is 0 Å². The fourth-order valence-corrected chi connectivity index (χ4v) is 3.54. The van der Waals surface area contributed by atoms with Crippen LogP contribution in [0, 0.1) is 0 Å². The standard InChI is InChI=1S/C16H20N2O2S/c1-12(16(19)18-6-8-20-9-7-18)17-10-13-11-21-15-5-3-2-4-14(13)15/h2-5,11-12,17H,6-10H2,1H3. The first-order valence-corrected chi connectivity index (χ1v) is 8.18. The van der Waals surface area contributed by atoms with Crippen molar-refractivity contribution in [1.82, 2.24) is 10.2 Å². The Morgan fingerprint density at radius 3 is 2.95 bits per heavy atom. The van der Waals surface area contributed by atoms with Crippen molar-refractivity contribution >= 4 is 27.3 Å². The van der Waals surface area contributed by atoms with E-state index >= 15 is 0 Å². The number of amides is 1. The van der Waals surface area contributed by atoms with E-state index in [4.69, 9.17) is 4.74 Å². The molecule has 3 rings (SSSR count). The van der Waals surface area contributed by atoms with Crippen LogP contribution in [0.1, 0.15) is 12.5 Å². The number of rotatable bonds is 4. The fraction of sp³-hybridized carbons (Fsp3) is 0.438. The van der Waals surface area contributed by atoms with E-state index in [1.165, 1.54) is 15.6 Å². The lowest BCUT2D eigenvalue weighted by atomic mass is 10.1. The molecule has 21 heavy (non-hydrogen) atoms. The summed E-state index contributed by atoms with van der Waals surface area (Å²) < 4.78 is 6.58. The topological polar surface area (TPSA) is 41.6 Å². The van der Waals surface area contributed by atoms with Gasteiger partial charge in [0.15, 0.2) is 0 Å². The molecule has 2 aromatic rings. The van der Waals surface area contributed by atoms with E-state index in [1.807, 2.05) is 11.8 Å². The highest BCUT2D eigenvalue weighted by molar-refractivity contribution is 7.17. The lowest BCUT2D eigenvalue weighted by Gasteiger charge is -2.29. The van der Waals surface area contributed by atoms with Crippen LogP contribution in [-0.4, -0.2) is 43.2 Å². The molecule has 1 atom stereocenters. The number of thiophene rings is 1. The molecule has 1 saturated heterocycles. The molecular weight excluding hydrogens is 284 g/mol. The number of hydrogen-bond donors (Lipinski definition) is 1. The molecule has 1 aliphatic heterocycles. The number of benzene rings is 1. The van der Waals surface area contributed by atoms with Crippen LogP contribution in [0.2, 0.25) is 0 Å². The van der Waals surface area contributed by atoms with E-state index < -0.39 is 0 Å². The number of carbonyl (C=O) groups is 1. The largest absolute Gasteiger partial charge is 0.378 e. The van der Waals surface area contributed by atoms with Gasteiger partial charge in [0, 0.05) is 24.3 Å². The molecule has 1 N–H and O–H groups in total. The van der Waals surface area contributed by atoms with Gasteiger partial charge in [0.05, 0.1) is 19.3 Å². The third-order valence-electron chi connectivity index (χ3n) is 3.85. The van der Waals surface area contributed by atoms with Gasteiger partial charge in [-0.25, -0.2) is 0 Å². The minimum absolute atomic E-state index is 0.165. The Morgan fingerprint density at radius 2 is 2.14 bits per heavy atom. The van der Waals surface area contributed by atoms with Gasteiger partial charge in [-0.05, 0) is 29.3 Å². The normalized spacial score (nSPS) is 17.1. The van der Waals surface area contributed by atoms with E-state index in [0.717, 1.165) is 6.54 Å². The number of fused-ring (bicyclic) bond motifs is 1. The lowest BCUT2D eigenvalue weighted by molar-refractivity contribution is -0.137. The highest BCUT2D eigenvalue weighted by Gasteiger charge is 2.22. The van der Waals surface area contributed by atoms with Gasteiger partial charge in [-0.15, -0.1) is 11.3 Å². The maximum Gasteiger partial charge on any atom is 0.239 e. The van der Waals surface area contributed by atoms with Crippen molar-refractivity contribution in [3.63, 3.8) is 0 Å². The fourth-order valence-electron chi connectivity index (χ4n) is 2.58. The predicted molar refractivity (Wildman–Crippen MR) is 85.5 cm³/mol. The van der Waals surface area contributed by atoms with Crippen molar-refractivity contribution in [3.05, 3.63) is 35.2 Å². The summed E-state index contributed by atoms with van der Waals surface area (Å²) >= 11 is 1.75. The quantitative estimate of drug-likeness (QED) is 0.942. The summed E-state index contributed by atoms with van der Waals surface area (Å²) in [7, 11) is 0. The van der Waals surface area contributed by atoms with E-state index in [-0.39, 0.29) is 11.9 Å². The molecule has 2 heterocycles. The Hall–Kier alpha value is -1.43. The molecule has 5 heteroatoms. The lowest BCUT2D eigenvalue weighted by Crippen LogP contribution is -2.49. The van der Waals surface area contributed by atoms with Crippen LogP contribution in [0.25, 0.3) is 10.1 Å². The molecular formula is C16H20N2O2S. The molecule has 1 aromatic heterocycles. The number of hydrogen-bond acceptors (Lipinski definition) is 4. The zero-order chi connectivity index (χ0) is 14.7. The molecule has 1 fully saturated rings. The van der Waals surface area contributed by atoms with Crippen LogP contribution in [0.15, 0.2) is 29.6 Å². The molecule has 1 amide bonds. The highest BCUT2D eigenvalue weighted by Crippen LogP contribution is 2.25. The van der Waals surface area contributed by atoms with Crippen LogP contribution in [0.3, 0.4) is 0 Å². The first kappa shape index (κ1) is 14.5. The maximum atomic E-state index is 12.3. The average Bonchev–Trinajstić information content (AvgIpc) is 2.96. The average molecular weight is 304 g/mol. The first-order valence-electron chi connectivity index (χ1n) is 7.31. The molecule has 112 valence electrons. The maximum absolute atomic E-state index is 12.3. The van der Waals surface area contributed by atoms with Crippen LogP contribution in [0.5, 0.6) is 0 Å². The van der Waals surface area contributed by atoms with Gasteiger partial charge in [0.1, 0.15) is 0 Å². The highest BCUT2D eigenvalue weighted by atomic mass is 32.1. The van der Waals surface area contributed by atoms with E-state index in [9.17, 15) is 4.79 Å². The molecule has 1 unspecified atom stereocenters. The monoisotopic (exact) mass is 304 g/mol. The van der Waals surface area contributed by atoms with E-state index in [1.54, 1.807) is 11.3 Å². The number of morpholine rings is 1. The smallest absolute Gasteiger partial charge is 0.239 e. The summed E-state index contributed by atoms with van der Waals surface area (Å²) in [5, 5.41) is 6.80. The second kappa shape index (κ2) is 6.56. The van der Waals surface area contributed by atoms with Gasteiger partial charge in [-0.1, -0.05) is 18.2 Å². The Balaban J connectivity index is 1.60. The van der Waals surface area contributed by atoms with Crippen molar-refractivity contribution in [3.8, 4) is 0 Å². The Morgan fingerprint density at radius 1 is 1.38 bits per heavy atom. The van der Waals surface area contributed by atoms with Crippen LogP contribution in [0.4, 0.5) is 0 Å². The third kappa shape index (κ3) is 3.26. The molecule has 0 saturated carbocycles. The van der Waals surface area contributed by atoms with Crippen LogP contribution < -0.4 is 5.32 Å². The number of ether oxygens (including phenoxy) is 1. The molecule has 0 aliphatic carbocycles. The van der Waals surface area contributed by atoms with Crippen molar-refractivity contribution in [2.45, 2.75) is 19.5 Å². The number of carbonyl (C=O) groups excluding carboxylic acids is 1. The summed E-state index contributed by atoms with van der Waals surface area (Å²) in [5.41, 5.74) is 1.26. The minimum atomic E-state index is -0.165. The molecule has 0 spiro atoms. The van der Waals surface area contributed by atoms with Gasteiger partial charge >= 0.3 is 0 Å². The second-order valence-electron chi connectivity index (χ2n) is 5.30. The van der Waals surface area contributed by atoms with E-state index in [2.05, 4.69) is 35.0 Å². The minimum Gasteiger partial charge on any atom is -0.378 e. The summed E-state index contributed by atoms with van der Waals surface area (Å²) in [6.45, 7) is 5.35. The number of nitrogens with zero attached hydrogens (tertiary/aromatic N) is 1. The Labute approximate surface area is 128 Å². The third-order valence-corrected chi connectivity index (χ3v) is 4.87. The SMILES string of the molecule is CC(NCc1csc2ccccc12)C(=O)N1CCOCC1. The second-order valence-corrected chi connectivity index (χ2v) is 6.21. The summed E-state index contributed by atoms with van der Waals surface area (Å²) in [6.07, 6.45) is 0. The summed E-state index contributed by atoms with van der Waals surface area (Å²) in [4.78, 5) is 14.2. The van der Waals surface area contributed by atoms with Gasteiger partial charge in [0.25, 0.3) is 0 Å². The summed E-state index contributed by atoms with van der Waals surface area (Å²) in [6, 6.07) is 8.21. The Bertz CT molecular complexity index is 620. The molecule has 0 radical (unpaired) electrons. The van der Waals surface area contributed by atoms with E-state index in [0.29, 0.717) is 26.3 Å². The predicted octanol–water partition coefficient (Wildman–Crippen LogP) is 2.24. The number of nitrogens with one attached hydrogen (secondary N) is 1. The first-order chi connectivity index (χ1) is 10.3. The van der Waals surface area contributed by atoms with Crippen molar-refractivity contribution < 1.29 is 9.53 Å².